The summed E-state index contributed by atoms with van der Waals surface area (Å²) in [5.74, 6) is 0.102. The topological polar surface area (TPSA) is 17.1 Å². The number of hydrogen-bond acceptors (Lipinski definition) is 1. The number of carbonyl (C=O) groups excluding carboxylic acids is 1. The van der Waals surface area contributed by atoms with Gasteiger partial charge in [0.25, 0.3) is 0 Å². The van der Waals surface area contributed by atoms with Gasteiger partial charge in [-0.3, -0.25) is 4.79 Å². The van der Waals surface area contributed by atoms with Gasteiger partial charge in [-0.15, -0.1) is 11.6 Å². The molecule has 1 aromatic carbocycles. The van der Waals surface area contributed by atoms with Crippen LogP contribution in [0.5, 0.6) is 0 Å². The number of Topliss-reactive ketones (excluding diaryl/α,β-unsaturated/α-hetero) is 1. The zero-order valence-electron chi connectivity index (χ0n) is 7.31. The van der Waals surface area contributed by atoms with E-state index in [1.165, 1.54) is 0 Å². The fourth-order valence-corrected chi connectivity index (χ4v) is 1.30. The first-order chi connectivity index (χ1) is 6.13. The lowest BCUT2D eigenvalue weighted by Crippen LogP contribution is -2.03. The van der Waals surface area contributed by atoms with Crippen molar-refractivity contribution in [3.05, 3.63) is 34.3 Å². The van der Waals surface area contributed by atoms with Crippen LogP contribution in [0.3, 0.4) is 0 Å². The maximum Gasteiger partial charge on any atom is 0.151 e. The van der Waals surface area contributed by atoms with Crippen LogP contribution in [0.2, 0.25) is 5.02 Å². The molecule has 1 rings (SSSR count). The number of hydrogen-bond donors (Lipinski definition) is 0. The minimum atomic E-state index is 0.0309. The largest absolute Gasteiger partial charge is 0.298 e. The van der Waals surface area contributed by atoms with E-state index < -0.39 is 0 Å². The van der Waals surface area contributed by atoms with Gasteiger partial charge in [0, 0.05) is 11.4 Å². The van der Waals surface area contributed by atoms with Gasteiger partial charge in [-0.2, -0.15) is 0 Å². The van der Waals surface area contributed by atoms with Crippen molar-refractivity contribution < 1.29 is 4.79 Å². The van der Waals surface area contributed by atoms with Gasteiger partial charge in [0.05, 0.1) is 5.88 Å². The molecule has 0 heterocycles. The highest BCUT2D eigenvalue weighted by Crippen LogP contribution is 2.16. The Morgan fingerprint density at radius 1 is 1.46 bits per heavy atom. The Hall–Kier alpha value is -0.530. The average molecular weight is 217 g/mol. The van der Waals surface area contributed by atoms with E-state index in [1.54, 1.807) is 6.07 Å². The SMILES string of the molecule is Cc1cc(CC(=O)CCl)ccc1Cl. The van der Waals surface area contributed by atoms with Crippen LogP contribution < -0.4 is 0 Å². The average Bonchev–Trinajstić information content (AvgIpc) is 2.11. The summed E-state index contributed by atoms with van der Waals surface area (Å²) in [6, 6.07) is 5.56. The summed E-state index contributed by atoms with van der Waals surface area (Å²) < 4.78 is 0. The number of alkyl halides is 1. The molecule has 70 valence electrons. The smallest absolute Gasteiger partial charge is 0.151 e. The zero-order chi connectivity index (χ0) is 9.84. The molecule has 0 bridgehead atoms. The molecule has 0 saturated carbocycles. The van der Waals surface area contributed by atoms with E-state index in [1.807, 2.05) is 19.1 Å². The van der Waals surface area contributed by atoms with Crippen LogP contribution in [0.25, 0.3) is 0 Å². The van der Waals surface area contributed by atoms with Crippen molar-refractivity contribution in [2.45, 2.75) is 13.3 Å². The van der Waals surface area contributed by atoms with Gasteiger partial charge in [-0.25, -0.2) is 0 Å². The Bertz CT molecular complexity index is 321. The van der Waals surface area contributed by atoms with Crippen LogP contribution in [-0.2, 0) is 11.2 Å². The summed E-state index contributed by atoms with van der Waals surface area (Å²) in [6.07, 6.45) is 0.390. The Balaban J connectivity index is 2.79. The van der Waals surface area contributed by atoms with Crippen LogP contribution in [0.15, 0.2) is 18.2 Å². The summed E-state index contributed by atoms with van der Waals surface area (Å²) >= 11 is 11.2. The third-order valence-electron chi connectivity index (χ3n) is 1.77. The number of ketones is 1. The molecule has 13 heavy (non-hydrogen) atoms. The molecule has 0 aliphatic carbocycles. The number of carbonyl (C=O) groups is 1. The summed E-state index contributed by atoms with van der Waals surface area (Å²) in [5, 5.41) is 0.724. The highest BCUT2D eigenvalue weighted by molar-refractivity contribution is 6.31. The van der Waals surface area contributed by atoms with E-state index in [2.05, 4.69) is 0 Å². The lowest BCUT2D eigenvalue weighted by atomic mass is 10.1. The number of halogens is 2. The molecular formula is C10H10Cl2O. The predicted octanol–water partition coefficient (Wildman–Crippen LogP) is 3.00. The highest BCUT2D eigenvalue weighted by atomic mass is 35.5. The Morgan fingerprint density at radius 2 is 2.15 bits per heavy atom. The minimum absolute atomic E-state index is 0.0309. The van der Waals surface area contributed by atoms with Crippen LogP contribution in [0, 0.1) is 6.92 Å². The molecule has 0 spiro atoms. The van der Waals surface area contributed by atoms with Crippen molar-refractivity contribution in [2.24, 2.45) is 0 Å². The minimum Gasteiger partial charge on any atom is -0.298 e. The fraction of sp³-hybridized carbons (Fsp3) is 0.300. The first-order valence-corrected chi connectivity index (χ1v) is 4.87. The molecule has 0 amide bonds. The van der Waals surface area contributed by atoms with E-state index in [4.69, 9.17) is 23.2 Å². The van der Waals surface area contributed by atoms with Crippen molar-refractivity contribution in [3.63, 3.8) is 0 Å². The van der Waals surface area contributed by atoms with Gasteiger partial charge < -0.3 is 0 Å². The summed E-state index contributed by atoms with van der Waals surface area (Å²) in [7, 11) is 0. The molecule has 3 heteroatoms. The van der Waals surface area contributed by atoms with Gasteiger partial charge in [-0.05, 0) is 24.1 Å². The number of aryl methyl sites for hydroxylation is 1. The fourth-order valence-electron chi connectivity index (χ4n) is 1.09. The normalized spacial score (nSPS) is 10.1. The zero-order valence-corrected chi connectivity index (χ0v) is 8.82. The van der Waals surface area contributed by atoms with Crippen LogP contribution >= 0.6 is 23.2 Å². The third-order valence-corrected chi connectivity index (χ3v) is 2.49. The molecular weight excluding hydrogens is 207 g/mol. The monoisotopic (exact) mass is 216 g/mol. The van der Waals surface area contributed by atoms with Crippen molar-refractivity contribution >= 4 is 29.0 Å². The molecule has 0 atom stereocenters. The predicted molar refractivity (Wildman–Crippen MR) is 55.6 cm³/mol. The van der Waals surface area contributed by atoms with Crippen LogP contribution in [0.4, 0.5) is 0 Å². The molecule has 0 saturated heterocycles. The van der Waals surface area contributed by atoms with Gasteiger partial charge >= 0.3 is 0 Å². The molecule has 1 aromatic rings. The lowest BCUT2D eigenvalue weighted by molar-refractivity contribution is -0.116. The summed E-state index contributed by atoms with van der Waals surface area (Å²) in [4.78, 5) is 11.0. The van der Waals surface area contributed by atoms with Crippen molar-refractivity contribution in [3.8, 4) is 0 Å². The van der Waals surface area contributed by atoms with Gasteiger partial charge in [0.15, 0.2) is 5.78 Å². The number of benzene rings is 1. The number of rotatable bonds is 3. The first-order valence-electron chi connectivity index (χ1n) is 3.96. The first kappa shape index (κ1) is 10.6. The maximum atomic E-state index is 11.0. The summed E-state index contributed by atoms with van der Waals surface area (Å²) in [5.41, 5.74) is 1.95. The molecule has 0 aliphatic rings. The van der Waals surface area contributed by atoms with Gasteiger partial charge in [0.1, 0.15) is 0 Å². The van der Waals surface area contributed by atoms with Crippen LogP contribution in [0.1, 0.15) is 11.1 Å². The second-order valence-corrected chi connectivity index (χ2v) is 3.61. The maximum absolute atomic E-state index is 11.0. The molecule has 0 N–H and O–H groups in total. The third kappa shape index (κ3) is 3.02. The van der Waals surface area contributed by atoms with Crippen molar-refractivity contribution in [1.82, 2.24) is 0 Å². The molecule has 0 fully saturated rings. The molecule has 0 unspecified atom stereocenters. The van der Waals surface area contributed by atoms with Crippen LogP contribution in [-0.4, -0.2) is 11.7 Å². The van der Waals surface area contributed by atoms with E-state index in [0.29, 0.717) is 6.42 Å². The molecule has 0 aromatic heterocycles. The van der Waals surface area contributed by atoms with Gasteiger partial charge in [-0.1, -0.05) is 23.7 Å². The van der Waals surface area contributed by atoms with E-state index in [-0.39, 0.29) is 11.7 Å². The Labute approximate surface area is 87.7 Å². The molecule has 0 aliphatic heterocycles. The van der Waals surface area contributed by atoms with E-state index in [0.717, 1.165) is 16.1 Å². The second-order valence-electron chi connectivity index (χ2n) is 2.93. The Kier molecular flexibility index (Phi) is 3.76. The molecule has 0 radical (unpaired) electrons. The summed E-state index contributed by atoms with van der Waals surface area (Å²) in [6.45, 7) is 1.91. The van der Waals surface area contributed by atoms with E-state index in [9.17, 15) is 4.79 Å². The molecule has 1 nitrogen and oxygen atoms in total. The quantitative estimate of drug-likeness (QED) is 0.711. The standard InChI is InChI=1S/C10H10Cl2O/c1-7-4-8(2-3-10(7)12)5-9(13)6-11/h2-4H,5-6H2,1H3. The highest BCUT2D eigenvalue weighted by Gasteiger charge is 2.03. The second kappa shape index (κ2) is 4.64. The Morgan fingerprint density at radius 3 is 2.69 bits per heavy atom. The van der Waals surface area contributed by atoms with Gasteiger partial charge in [0.2, 0.25) is 0 Å². The van der Waals surface area contributed by atoms with E-state index >= 15 is 0 Å². The lowest BCUT2D eigenvalue weighted by Gasteiger charge is -2.01. The van der Waals surface area contributed by atoms with Crippen molar-refractivity contribution in [1.29, 1.82) is 0 Å². The van der Waals surface area contributed by atoms with Crippen molar-refractivity contribution in [2.75, 3.05) is 5.88 Å².